The van der Waals surface area contributed by atoms with Gasteiger partial charge >= 0.3 is 5.97 Å². The highest BCUT2D eigenvalue weighted by Crippen LogP contribution is 2.76. The summed E-state index contributed by atoms with van der Waals surface area (Å²) in [6.07, 6.45) is 15.1. The van der Waals surface area contributed by atoms with Gasteiger partial charge in [0.2, 0.25) is 0 Å². The number of hydrogen-bond donors (Lipinski definition) is 0. The number of rotatable bonds is 7. The van der Waals surface area contributed by atoms with Gasteiger partial charge in [-0.25, -0.2) is 4.39 Å². The van der Waals surface area contributed by atoms with Crippen LogP contribution in [0.2, 0.25) is 0 Å². The maximum Gasteiger partial charge on any atom is 0.315 e. The van der Waals surface area contributed by atoms with Gasteiger partial charge in [0, 0.05) is 6.42 Å². The van der Waals surface area contributed by atoms with E-state index in [9.17, 15) is 18.8 Å². The van der Waals surface area contributed by atoms with E-state index < -0.39 is 23.5 Å². The zero-order chi connectivity index (χ0) is 35.9. The van der Waals surface area contributed by atoms with Crippen LogP contribution in [-0.4, -0.2) is 24.7 Å². The molecule has 0 saturated heterocycles. The third-order valence-electron chi connectivity index (χ3n) is 16.1. The summed E-state index contributed by atoms with van der Waals surface area (Å²) in [6, 6.07) is 9.60. The van der Waals surface area contributed by atoms with E-state index in [1.54, 1.807) is 0 Å². The fourth-order valence-corrected chi connectivity index (χ4v) is 13.3. The molecule has 0 radical (unpaired) electrons. The molecule has 0 unspecified atom stereocenters. The Morgan fingerprint density at radius 3 is 2.30 bits per heavy atom. The molecule has 8 atom stereocenters. The second-order valence-corrected chi connectivity index (χ2v) is 18.9. The monoisotopic (exact) mass is 682 g/mol. The Balaban J connectivity index is 1.15. The van der Waals surface area contributed by atoms with Gasteiger partial charge in [0.05, 0.1) is 10.8 Å². The van der Waals surface area contributed by atoms with Crippen molar-refractivity contribution in [1.82, 2.24) is 0 Å². The van der Waals surface area contributed by atoms with Crippen LogP contribution in [0.5, 0.6) is 0 Å². The molecule has 1 aromatic carbocycles. The van der Waals surface area contributed by atoms with Crippen molar-refractivity contribution in [3.05, 3.63) is 70.3 Å². The summed E-state index contributed by atoms with van der Waals surface area (Å²) < 4.78 is 20.3. The Kier molecular flexibility index (Phi) is 8.63. The van der Waals surface area contributed by atoms with Gasteiger partial charge < -0.3 is 9.53 Å². The molecule has 0 bridgehead atoms. The van der Waals surface area contributed by atoms with Crippen molar-refractivity contribution in [3.63, 3.8) is 0 Å². The van der Waals surface area contributed by atoms with E-state index in [-0.39, 0.29) is 45.9 Å². The van der Waals surface area contributed by atoms with Crippen LogP contribution >= 0.6 is 0 Å². The number of ketones is 1. The van der Waals surface area contributed by atoms with Crippen LogP contribution in [0.15, 0.2) is 64.8 Å². The number of hydrogen-bond acceptors (Lipinski definition) is 4. The minimum atomic E-state index is -1.11. The van der Waals surface area contributed by atoms with Crippen LogP contribution in [0.1, 0.15) is 125 Å². The summed E-state index contributed by atoms with van der Waals surface area (Å²) in [5.74, 6) is 1.28. The molecule has 6 aliphatic carbocycles. The van der Waals surface area contributed by atoms with E-state index >= 15 is 0 Å². The van der Waals surface area contributed by atoms with E-state index in [4.69, 9.17) is 4.74 Å². The Bertz CT molecular complexity index is 1670. The Labute approximate surface area is 299 Å². The van der Waals surface area contributed by atoms with Crippen molar-refractivity contribution in [2.24, 2.45) is 56.2 Å². The van der Waals surface area contributed by atoms with Crippen LogP contribution < -0.4 is 0 Å². The highest BCUT2D eigenvalue weighted by atomic mass is 19.1. The predicted molar refractivity (Wildman–Crippen MR) is 196 cm³/mol. The Hall–Kier alpha value is -2.82. The lowest BCUT2D eigenvalue weighted by atomic mass is 9.33. The van der Waals surface area contributed by atoms with Gasteiger partial charge in [0.15, 0.2) is 5.78 Å². The van der Waals surface area contributed by atoms with Gasteiger partial charge in [-0.15, -0.1) is 0 Å². The highest BCUT2D eigenvalue weighted by molar-refractivity contribution is 6.03. The van der Waals surface area contributed by atoms with Crippen molar-refractivity contribution in [1.29, 1.82) is 0 Å². The van der Waals surface area contributed by atoms with E-state index in [0.717, 1.165) is 62.4 Å². The highest BCUT2D eigenvalue weighted by Gasteiger charge is 2.69. The van der Waals surface area contributed by atoms with Gasteiger partial charge in [0.1, 0.15) is 19.6 Å². The van der Waals surface area contributed by atoms with Gasteiger partial charge in [-0.1, -0.05) is 91.0 Å². The minimum absolute atomic E-state index is 0.0430. The first-order valence-electron chi connectivity index (χ1n) is 19.5. The molecule has 0 aromatic heterocycles. The molecule has 5 heteroatoms. The SMILES string of the molecule is CC(C)C1=C2[C@H]3CC[C@@H]4[C@@]5(C)CC=C(C6=CC[C@](CF)(C(=O)OCc7ccccc7)CC6)C(C)(C)[C@@H]5CC[C@@]4(C)[C@]3(C)CC[C@@]2(C=O)CC1=O. The van der Waals surface area contributed by atoms with Crippen molar-refractivity contribution in [2.45, 2.75) is 126 Å². The average Bonchev–Trinajstić information content (AvgIpc) is 3.40. The van der Waals surface area contributed by atoms with Gasteiger partial charge in [0.25, 0.3) is 0 Å². The van der Waals surface area contributed by atoms with Crippen LogP contribution in [-0.2, 0) is 25.7 Å². The number of carbonyl (C=O) groups is 3. The fourth-order valence-electron chi connectivity index (χ4n) is 13.3. The first kappa shape index (κ1) is 35.6. The van der Waals surface area contributed by atoms with Crippen molar-refractivity contribution >= 4 is 18.0 Å². The molecule has 0 N–H and O–H groups in total. The van der Waals surface area contributed by atoms with Crippen LogP contribution in [0.3, 0.4) is 0 Å². The molecule has 0 heterocycles. The van der Waals surface area contributed by atoms with E-state index in [1.165, 1.54) is 16.7 Å². The first-order valence-corrected chi connectivity index (χ1v) is 19.5. The molecule has 3 fully saturated rings. The fraction of sp³-hybridized carbons (Fsp3) is 0.667. The second kappa shape index (κ2) is 12.1. The molecule has 0 aliphatic heterocycles. The zero-order valence-corrected chi connectivity index (χ0v) is 31.6. The van der Waals surface area contributed by atoms with E-state index in [0.29, 0.717) is 37.5 Å². The largest absolute Gasteiger partial charge is 0.460 e. The summed E-state index contributed by atoms with van der Waals surface area (Å²) >= 11 is 0. The van der Waals surface area contributed by atoms with Gasteiger partial charge in [-0.3, -0.25) is 9.59 Å². The zero-order valence-electron chi connectivity index (χ0n) is 31.6. The average molecular weight is 683 g/mol. The van der Waals surface area contributed by atoms with Gasteiger partial charge in [-0.2, -0.15) is 0 Å². The lowest BCUT2D eigenvalue weighted by molar-refractivity contribution is -0.198. The number of allylic oxidation sites excluding steroid dienone is 6. The van der Waals surface area contributed by atoms with Gasteiger partial charge in [-0.05, 0) is 137 Å². The number of esters is 1. The quantitative estimate of drug-likeness (QED) is 0.212. The standard InChI is InChI=1S/C45H59FO4/c1-29(2)37-34(48)25-45(28-47)24-23-42(6)33(38(37)45)13-14-36-41(5)19-17-32(40(3,4)35(41)18-20-43(36,42)7)31-15-21-44(27-46,22-16-31)39(49)50-26-30-11-9-8-10-12-30/h8-12,15,17,28-29,33,35-36H,13-14,16,18-27H2,1-7H3/t33-,35+,36-,41+,42-,43-,44+,45+/m1/s1. The smallest absolute Gasteiger partial charge is 0.315 e. The minimum Gasteiger partial charge on any atom is -0.460 e. The number of carbonyl (C=O) groups excluding carboxylic acids is 3. The summed E-state index contributed by atoms with van der Waals surface area (Å²) in [7, 11) is 0. The lowest BCUT2D eigenvalue weighted by Crippen LogP contribution is -2.64. The van der Waals surface area contributed by atoms with Crippen molar-refractivity contribution < 1.29 is 23.5 Å². The molecule has 6 aliphatic rings. The van der Waals surface area contributed by atoms with E-state index in [2.05, 4.69) is 60.6 Å². The number of Topliss-reactive ketones (excluding diaryl/α,β-unsaturated/α-hetero) is 1. The summed E-state index contributed by atoms with van der Waals surface area (Å²) in [5, 5.41) is 0. The molecular weight excluding hydrogens is 623 g/mol. The molecule has 7 rings (SSSR count). The Morgan fingerprint density at radius 1 is 0.920 bits per heavy atom. The number of aldehydes is 1. The number of fused-ring (bicyclic) bond motifs is 7. The van der Waals surface area contributed by atoms with Crippen LogP contribution in [0, 0.1) is 56.2 Å². The van der Waals surface area contributed by atoms with E-state index in [1.807, 2.05) is 30.3 Å². The lowest BCUT2D eigenvalue weighted by Gasteiger charge is -2.71. The maximum atomic E-state index is 14.7. The molecule has 0 spiro atoms. The third kappa shape index (κ3) is 4.90. The predicted octanol–water partition coefficient (Wildman–Crippen LogP) is 10.5. The summed E-state index contributed by atoms with van der Waals surface area (Å²) in [6.45, 7) is 16.3. The Morgan fingerprint density at radius 2 is 1.66 bits per heavy atom. The number of benzene rings is 1. The normalized spacial score (nSPS) is 40.6. The molecular formula is C45H59FO4. The van der Waals surface area contributed by atoms with Crippen LogP contribution in [0.25, 0.3) is 0 Å². The topological polar surface area (TPSA) is 60.4 Å². The molecule has 0 amide bonds. The molecule has 1 aromatic rings. The molecule has 50 heavy (non-hydrogen) atoms. The van der Waals surface area contributed by atoms with Crippen molar-refractivity contribution in [3.8, 4) is 0 Å². The third-order valence-corrected chi connectivity index (χ3v) is 16.1. The number of halogens is 1. The molecule has 270 valence electrons. The first-order chi connectivity index (χ1) is 23.6. The number of alkyl halides is 1. The van der Waals surface area contributed by atoms with Crippen LogP contribution in [0.4, 0.5) is 4.39 Å². The second-order valence-electron chi connectivity index (χ2n) is 18.9. The number of ether oxygens (including phenoxy) is 1. The summed E-state index contributed by atoms with van der Waals surface area (Å²) in [5.41, 5.74) is 4.36. The summed E-state index contributed by atoms with van der Waals surface area (Å²) in [4.78, 5) is 39.6. The molecule has 4 nitrogen and oxygen atoms in total. The van der Waals surface area contributed by atoms with Crippen molar-refractivity contribution in [2.75, 3.05) is 6.67 Å². The maximum absolute atomic E-state index is 14.7. The molecule has 3 saturated carbocycles.